The lowest BCUT2D eigenvalue weighted by Gasteiger charge is -2.14. The van der Waals surface area contributed by atoms with Crippen molar-refractivity contribution in [1.29, 1.82) is 0 Å². The Kier molecular flexibility index (Phi) is 6.86. The molecule has 0 atom stereocenters. The molecule has 33 heavy (non-hydrogen) atoms. The Labute approximate surface area is 200 Å². The smallest absolute Gasteiger partial charge is 0.270 e. The van der Waals surface area contributed by atoms with Crippen LogP contribution in [0.2, 0.25) is 0 Å². The van der Waals surface area contributed by atoms with Crippen LogP contribution < -0.4 is 15.0 Å². The van der Waals surface area contributed by atoms with Gasteiger partial charge in [-0.15, -0.1) is 0 Å². The molecule has 1 fully saturated rings. The number of thiocarbonyl (C=S) groups is 1. The van der Waals surface area contributed by atoms with E-state index in [4.69, 9.17) is 17.0 Å². The van der Waals surface area contributed by atoms with E-state index in [1.807, 2.05) is 31.2 Å². The Bertz CT molecular complexity index is 1240. The SMILES string of the molecule is Cc1ccc(NC(=O)COc2ccc(/C=C3\SC(=S)N(c4ccccc4F)C3=O)cc2)cc1. The van der Waals surface area contributed by atoms with Crippen LogP contribution in [0.3, 0.4) is 0 Å². The van der Waals surface area contributed by atoms with E-state index in [0.717, 1.165) is 22.9 Å². The first-order valence-corrected chi connectivity index (χ1v) is 11.2. The molecule has 1 aliphatic heterocycles. The van der Waals surface area contributed by atoms with Gasteiger partial charge in [-0.1, -0.05) is 65.9 Å². The summed E-state index contributed by atoms with van der Waals surface area (Å²) in [5.41, 5.74) is 2.70. The fraction of sp³-hybridized carbons (Fsp3) is 0.0800. The molecule has 0 bridgehead atoms. The standard InChI is InChI=1S/C25H19FN2O3S2/c1-16-6-10-18(11-7-16)27-23(29)15-31-19-12-8-17(9-13-19)14-22-24(30)28(25(32)33-22)21-5-3-2-4-20(21)26/h2-14H,15H2,1H3,(H,27,29)/b22-14-. The molecule has 4 rings (SSSR count). The van der Waals surface area contributed by atoms with Crippen molar-refractivity contribution in [2.45, 2.75) is 6.92 Å². The van der Waals surface area contributed by atoms with E-state index in [9.17, 15) is 14.0 Å². The van der Waals surface area contributed by atoms with Crippen LogP contribution in [0.15, 0.2) is 77.7 Å². The summed E-state index contributed by atoms with van der Waals surface area (Å²) in [5.74, 6) is -0.629. The van der Waals surface area contributed by atoms with Crippen LogP contribution in [-0.2, 0) is 9.59 Å². The maximum absolute atomic E-state index is 14.1. The maximum Gasteiger partial charge on any atom is 0.270 e. The number of hydrogen-bond donors (Lipinski definition) is 1. The molecular formula is C25H19FN2O3S2. The lowest BCUT2D eigenvalue weighted by Crippen LogP contribution is -2.28. The van der Waals surface area contributed by atoms with Gasteiger partial charge in [0, 0.05) is 5.69 Å². The minimum absolute atomic E-state index is 0.130. The highest BCUT2D eigenvalue weighted by Gasteiger charge is 2.34. The van der Waals surface area contributed by atoms with Crippen LogP contribution in [-0.4, -0.2) is 22.7 Å². The molecule has 2 amide bonds. The summed E-state index contributed by atoms with van der Waals surface area (Å²) in [6.07, 6.45) is 1.69. The van der Waals surface area contributed by atoms with Crippen LogP contribution in [0.25, 0.3) is 6.08 Å². The van der Waals surface area contributed by atoms with Gasteiger partial charge < -0.3 is 10.1 Å². The molecule has 1 heterocycles. The molecule has 0 saturated carbocycles. The summed E-state index contributed by atoms with van der Waals surface area (Å²) in [6, 6.07) is 20.5. The van der Waals surface area contributed by atoms with E-state index in [2.05, 4.69) is 5.32 Å². The van der Waals surface area contributed by atoms with Gasteiger partial charge in [0.25, 0.3) is 11.8 Å². The summed E-state index contributed by atoms with van der Waals surface area (Å²) in [4.78, 5) is 26.5. The number of amides is 2. The van der Waals surface area contributed by atoms with Crippen LogP contribution >= 0.6 is 24.0 Å². The molecule has 1 N–H and O–H groups in total. The van der Waals surface area contributed by atoms with Gasteiger partial charge in [-0.3, -0.25) is 14.5 Å². The summed E-state index contributed by atoms with van der Waals surface area (Å²) >= 11 is 6.41. The first-order chi connectivity index (χ1) is 15.9. The Morgan fingerprint density at radius 3 is 2.48 bits per heavy atom. The van der Waals surface area contributed by atoms with Crippen molar-refractivity contribution in [3.05, 3.63) is 94.6 Å². The third kappa shape index (κ3) is 5.47. The monoisotopic (exact) mass is 478 g/mol. The van der Waals surface area contributed by atoms with Gasteiger partial charge in [-0.25, -0.2) is 4.39 Å². The number of halogens is 1. The van der Waals surface area contributed by atoms with Gasteiger partial charge >= 0.3 is 0 Å². The van der Waals surface area contributed by atoms with Crippen molar-refractivity contribution in [2.24, 2.45) is 0 Å². The molecule has 166 valence electrons. The number of hydrogen-bond acceptors (Lipinski definition) is 5. The summed E-state index contributed by atoms with van der Waals surface area (Å²) < 4.78 is 19.9. The van der Waals surface area contributed by atoms with Gasteiger partial charge in [-0.05, 0) is 55.0 Å². The Morgan fingerprint density at radius 2 is 1.79 bits per heavy atom. The Balaban J connectivity index is 1.37. The Hall–Kier alpha value is -3.49. The number of carbonyl (C=O) groups excluding carboxylic acids is 2. The number of nitrogens with zero attached hydrogens (tertiary/aromatic N) is 1. The quantitative estimate of drug-likeness (QED) is 0.371. The second kappa shape index (κ2) is 9.97. The second-order valence-corrected chi connectivity index (χ2v) is 8.92. The van der Waals surface area contributed by atoms with Crippen molar-refractivity contribution in [3.63, 3.8) is 0 Å². The number of carbonyl (C=O) groups is 2. The highest BCUT2D eigenvalue weighted by atomic mass is 32.2. The first-order valence-electron chi connectivity index (χ1n) is 10.0. The van der Waals surface area contributed by atoms with Crippen molar-refractivity contribution in [1.82, 2.24) is 0 Å². The predicted octanol–water partition coefficient (Wildman–Crippen LogP) is 5.56. The fourth-order valence-electron chi connectivity index (χ4n) is 3.10. The molecule has 8 heteroatoms. The van der Waals surface area contributed by atoms with Crippen molar-refractivity contribution >= 4 is 57.6 Å². The van der Waals surface area contributed by atoms with E-state index >= 15 is 0 Å². The third-order valence-electron chi connectivity index (χ3n) is 4.77. The van der Waals surface area contributed by atoms with Crippen molar-refractivity contribution < 1.29 is 18.7 Å². The number of benzene rings is 3. The molecule has 3 aromatic carbocycles. The number of rotatable bonds is 6. The number of ether oxygens (including phenoxy) is 1. The summed E-state index contributed by atoms with van der Waals surface area (Å²) in [6.45, 7) is 1.84. The van der Waals surface area contributed by atoms with E-state index < -0.39 is 5.82 Å². The van der Waals surface area contributed by atoms with Crippen LogP contribution in [0.4, 0.5) is 15.8 Å². The van der Waals surface area contributed by atoms with E-state index in [0.29, 0.717) is 16.3 Å². The molecule has 0 unspecified atom stereocenters. The highest BCUT2D eigenvalue weighted by Crippen LogP contribution is 2.37. The molecule has 0 spiro atoms. The number of thioether (sulfide) groups is 1. The fourth-order valence-corrected chi connectivity index (χ4v) is 4.39. The van der Waals surface area contributed by atoms with Gasteiger partial charge in [0.1, 0.15) is 11.6 Å². The summed E-state index contributed by atoms with van der Waals surface area (Å²) in [7, 11) is 0. The zero-order chi connectivity index (χ0) is 23.4. The molecule has 0 aliphatic carbocycles. The zero-order valence-corrected chi connectivity index (χ0v) is 19.2. The first kappa shape index (κ1) is 22.7. The van der Waals surface area contributed by atoms with Crippen LogP contribution in [0, 0.1) is 12.7 Å². The van der Waals surface area contributed by atoms with E-state index in [-0.39, 0.29) is 28.4 Å². The lowest BCUT2D eigenvalue weighted by atomic mass is 10.2. The number of nitrogens with one attached hydrogen (secondary N) is 1. The molecule has 0 aromatic heterocycles. The third-order valence-corrected chi connectivity index (χ3v) is 6.07. The topological polar surface area (TPSA) is 58.6 Å². The molecular weight excluding hydrogens is 459 g/mol. The second-order valence-electron chi connectivity index (χ2n) is 7.24. The van der Waals surface area contributed by atoms with Gasteiger partial charge in [0.2, 0.25) is 0 Å². The highest BCUT2D eigenvalue weighted by molar-refractivity contribution is 8.27. The molecule has 5 nitrogen and oxygen atoms in total. The zero-order valence-electron chi connectivity index (χ0n) is 17.6. The molecule has 1 aliphatic rings. The normalized spacial score (nSPS) is 14.6. The van der Waals surface area contributed by atoms with Gasteiger partial charge in [0.15, 0.2) is 10.9 Å². The minimum atomic E-state index is -0.511. The van der Waals surface area contributed by atoms with Crippen LogP contribution in [0.1, 0.15) is 11.1 Å². The molecule has 3 aromatic rings. The predicted molar refractivity (Wildman–Crippen MR) is 134 cm³/mol. The van der Waals surface area contributed by atoms with E-state index in [1.165, 1.54) is 17.0 Å². The minimum Gasteiger partial charge on any atom is -0.484 e. The Morgan fingerprint density at radius 1 is 1.09 bits per heavy atom. The van der Waals surface area contributed by atoms with Crippen molar-refractivity contribution in [3.8, 4) is 5.75 Å². The lowest BCUT2D eigenvalue weighted by molar-refractivity contribution is -0.118. The van der Waals surface area contributed by atoms with Crippen LogP contribution in [0.5, 0.6) is 5.75 Å². The molecule has 0 radical (unpaired) electrons. The molecule has 1 saturated heterocycles. The largest absolute Gasteiger partial charge is 0.484 e. The van der Waals surface area contributed by atoms with Gasteiger partial charge in [-0.2, -0.15) is 0 Å². The summed E-state index contributed by atoms with van der Waals surface area (Å²) in [5, 5.41) is 2.77. The van der Waals surface area contributed by atoms with E-state index in [1.54, 1.807) is 42.5 Å². The average molecular weight is 479 g/mol. The number of aryl methyl sites for hydroxylation is 1. The van der Waals surface area contributed by atoms with Crippen molar-refractivity contribution in [2.75, 3.05) is 16.8 Å². The average Bonchev–Trinajstić information content (AvgIpc) is 3.08. The number of anilines is 2. The van der Waals surface area contributed by atoms with Gasteiger partial charge in [0.05, 0.1) is 10.6 Å². The number of para-hydroxylation sites is 1. The maximum atomic E-state index is 14.1.